The van der Waals surface area contributed by atoms with Gasteiger partial charge >= 0.3 is 0 Å². The number of H-pyrrole nitrogens is 1. The second-order valence-corrected chi connectivity index (χ2v) is 4.80. The molecule has 0 aromatic carbocycles. The van der Waals surface area contributed by atoms with Crippen LogP contribution in [0, 0.1) is 0 Å². The van der Waals surface area contributed by atoms with E-state index >= 15 is 0 Å². The fourth-order valence-corrected chi connectivity index (χ4v) is 2.04. The van der Waals surface area contributed by atoms with E-state index in [4.69, 9.17) is 5.84 Å². The molecule has 112 valence electrons. The number of aromatic nitrogens is 3. The van der Waals surface area contributed by atoms with Crippen LogP contribution in [0.25, 0.3) is 0 Å². The van der Waals surface area contributed by atoms with Crippen molar-refractivity contribution in [2.75, 3.05) is 5.43 Å². The predicted octanol–water partition coefficient (Wildman–Crippen LogP) is 1.53. The normalized spacial score (nSPS) is 12.0. The first-order chi connectivity index (χ1) is 10.1. The molecule has 7 heteroatoms. The number of nitrogens with two attached hydrogens (primary N) is 1. The number of hydrogen-bond acceptors (Lipinski definition) is 5. The van der Waals surface area contributed by atoms with Gasteiger partial charge in [-0.05, 0) is 25.5 Å². The Hall–Kier alpha value is -2.41. The van der Waals surface area contributed by atoms with Gasteiger partial charge in [-0.15, -0.1) is 0 Å². The Labute approximate surface area is 123 Å². The lowest BCUT2D eigenvalue weighted by atomic mass is 10.1. The molecule has 1 atom stereocenters. The maximum Gasteiger partial charge on any atom is 0.252 e. The van der Waals surface area contributed by atoms with Gasteiger partial charge in [0.1, 0.15) is 11.6 Å². The molecule has 2 heterocycles. The van der Waals surface area contributed by atoms with Crippen molar-refractivity contribution in [3.63, 3.8) is 0 Å². The van der Waals surface area contributed by atoms with Crippen LogP contribution in [0.5, 0.6) is 0 Å². The Morgan fingerprint density at radius 3 is 2.90 bits per heavy atom. The number of pyridine rings is 1. The fourth-order valence-electron chi connectivity index (χ4n) is 2.04. The average molecular weight is 288 g/mol. The van der Waals surface area contributed by atoms with Crippen LogP contribution in [0.2, 0.25) is 0 Å². The van der Waals surface area contributed by atoms with Crippen molar-refractivity contribution in [2.24, 2.45) is 5.84 Å². The van der Waals surface area contributed by atoms with Crippen LogP contribution < -0.4 is 16.6 Å². The number of rotatable bonds is 6. The Morgan fingerprint density at radius 2 is 2.29 bits per heavy atom. The molecule has 0 aliphatic carbocycles. The number of nitrogen functional groups attached to an aromatic ring is 1. The number of hydrogen-bond donors (Lipinski definition) is 4. The molecule has 0 radical (unpaired) electrons. The standard InChI is InChI=1S/C14H20N6O/c1-3-4-11-7-10(8-12(19-11)20-15)14(21)18-9(2)13-16-5-6-17-13/h5-9H,3-4,15H2,1-2H3,(H,16,17)(H,18,21)(H,19,20). The highest BCUT2D eigenvalue weighted by Crippen LogP contribution is 2.13. The number of nitrogens with one attached hydrogen (secondary N) is 3. The van der Waals surface area contributed by atoms with E-state index in [2.05, 4.69) is 32.6 Å². The van der Waals surface area contributed by atoms with Crippen molar-refractivity contribution in [1.82, 2.24) is 20.3 Å². The van der Waals surface area contributed by atoms with Gasteiger partial charge in [0.2, 0.25) is 0 Å². The summed E-state index contributed by atoms with van der Waals surface area (Å²) in [5.74, 6) is 6.41. The molecule has 2 aromatic rings. The highest BCUT2D eigenvalue weighted by molar-refractivity contribution is 5.95. The van der Waals surface area contributed by atoms with Crippen molar-refractivity contribution in [3.8, 4) is 0 Å². The van der Waals surface area contributed by atoms with Crippen molar-refractivity contribution >= 4 is 11.7 Å². The third-order valence-corrected chi connectivity index (χ3v) is 3.07. The minimum atomic E-state index is -0.204. The molecule has 0 spiro atoms. The van der Waals surface area contributed by atoms with Gasteiger partial charge in [0.05, 0.1) is 6.04 Å². The number of carbonyl (C=O) groups is 1. The first kappa shape index (κ1) is 15.0. The number of aromatic amines is 1. The van der Waals surface area contributed by atoms with Crippen LogP contribution in [-0.4, -0.2) is 20.9 Å². The van der Waals surface area contributed by atoms with E-state index in [1.165, 1.54) is 0 Å². The second-order valence-electron chi connectivity index (χ2n) is 4.80. The summed E-state index contributed by atoms with van der Waals surface area (Å²) in [4.78, 5) is 23.8. The van der Waals surface area contributed by atoms with E-state index in [1.807, 2.05) is 6.92 Å². The Balaban J connectivity index is 2.16. The van der Waals surface area contributed by atoms with E-state index in [-0.39, 0.29) is 11.9 Å². The Bertz CT molecular complexity index is 596. The van der Waals surface area contributed by atoms with E-state index in [0.717, 1.165) is 18.5 Å². The minimum Gasteiger partial charge on any atom is -0.347 e. The number of imidazole rings is 1. The molecule has 5 N–H and O–H groups in total. The molecular weight excluding hydrogens is 268 g/mol. The molecule has 2 rings (SSSR count). The molecule has 2 aromatic heterocycles. The monoisotopic (exact) mass is 288 g/mol. The van der Waals surface area contributed by atoms with Gasteiger partial charge in [0, 0.05) is 23.7 Å². The molecule has 0 saturated carbocycles. The molecule has 1 amide bonds. The molecule has 7 nitrogen and oxygen atoms in total. The molecule has 0 bridgehead atoms. The van der Waals surface area contributed by atoms with Gasteiger partial charge in [-0.3, -0.25) is 4.79 Å². The largest absolute Gasteiger partial charge is 0.347 e. The van der Waals surface area contributed by atoms with Crippen molar-refractivity contribution < 1.29 is 4.79 Å². The van der Waals surface area contributed by atoms with E-state index < -0.39 is 0 Å². The summed E-state index contributed by atoms with van der Waals surface area (Å²) in [7, 11) is 0. The zero-order valence-corrected chi connectivity index (χ0v) is 12.2. The molecule has 1 unspecified atom stereocenters. The summed E-state index contributed by atoms with van der Waals surface area (Å²) in [5, 5.41) is 2.89. The topological polar surface area (TPSA) is 109 Å². The maximum atomic E-state index is 12.3. The average Bonchev–Trinajstić information content (AvgIpc) is 3.01. The summed E-state index contributed by atoms with van der Waals surface area (Å²) >= 11 is 0. The van der Waals surface area contributed by atoms with Gasteiger partial charge in [-0.25, -0.2) is 15.8 Å². The number of nitrogens with zero attached hydrogens (tertiary/aromatic N) is 2. The van der Waals surface area contributed by atoms with Crippen molar-refractivity contribution in [2.45, 2.75) is 32.7 Å². The highest BCUT2D eigenvalue weighted by atomic mass is 16.1. The summed E-state index contributed by atoms with van der Waals surface area (Å²) in [6, 6.07) is 3.21. The molecule has 0 aliphatic rings. The summed E-state index contributed by atoms with van der Waals surface area (Å²) in [6.45, 7) is 3.93. The van der Waals surface area contributed by atoms with Crippen LogP contribution in [0.3, 0.4) is 0 Å². The van der Waals surface area contributed by atoms with Gasteiger partial charge in [-0.2, -0.15) is 0 Å². The number of carbonyl (C=O) groups excluding carboxylic acids is 1. The Morgan fingerprint density at radius 1 is 1.48 bits per heavy atom. The first-order valence-corrected chi connectivity index (χ1v) is 6.91. The van der Waals surface area contributed by atoms with Gasteiger partial charge < -0.3 is 15.7 Å². The van der Waals surface area contributed by atoms with E-state index in [9.17, 15) is 4.79 Å². The smallest absolute Gasteiger partial charge is 0.252 e. The molecule has 21 heavy (non-hydrogen) atoms. The summed E-state index contributed by atoms with van der Waals surface area (Å²) in [6.07, 6.45) is 5.12. The number of amides is 1. The van der Waals surface area contributed by atoms with Gasteiger partial charge in [0.25, 0.3) is 5.91 Å². The number of hydrazine groups is 1. The fraction of sp³-hybridized carbons (Fsp3) is 0.357. The van der Waals surface area contributed by atoms with Crippen molar-refractivity contribution in [1.29, 1.82) is 0 Å². The maximum absolute atomic E-state index is 12.3. The highest BCUT2D eigenvalue weighted by Gasteiger charge is 2.14. The quantitative estimate of drug-likeness (QED) is 0.476. The molecule has 0 fully saturated rings. The third kappa shape index (κ3) is 3.79. The Kier molecular flexibility index (Phi) is 4.89. The van der Waals surface area contributed by atoms with Crippen LogP contribution in [-0.2, 0) is 6.42 Å². The minimum absolute atomic E-state index is 0.185. The molecular formula is C14H20N6O. The van der Waals surface area contributed by atoms with Crippen LogP contribution in [0.4, 0.5) is 5.82 Å². The first-order valence-electron chi connectivity index (χ1n) is 6.91. The summed E-state index contributed by atoms with van der Waals surface area (Å²) < 4.78 is 0. The summed E-state index contributed by atoms with van der Waals surface area (Å²) in [5.41, 5.74) is 3.86. The lowest BCUT2D eigenvalue weighted by molar-refractivity contribution is 0.0938. The lowest BCUT2D eigenvalue weighted by Crippen LogP contribution is -2.27. The lowest BCUT2D eigenvalue weighted by Gasteiger charge is -2.13. The van der Waals surface area contributed by atoms with E-state index in [0.29, 0.717) is 17.2 Å². The molecule has 0 saturated heterocycles. The number of aryl methyl sites for hydroxylation is 1. The molecule has 0 aliphatic heterocycles. The van der Waals surface area contributed by atoms with Gasteiger partial charge in [0.15, 0.2) is 0 Å². The van der Waals surface area contributed by atoms with Crippen LogP contribution in [0.15, 0.2) is 24.5 Å². The van der Waals surface area contributed by atoms with Crippen LogP contribution in [0.1, 0.15) is 48.2 Å². The third-order valence-electron chi connectivity index (χ3n) is 3.07. The zero-order chi connectivity index (χ0) is 15.2. The van der Waals surface area contributed by atoms with Crippen molar-refractivity contribution in [3.05, 3.63) is 41.6 Å². The second kappa shape index (κ2) is 6.85. The van der Waals surface area contributed by atoms with E-state index in [1.54, 1.807) is 24.5 Å². The number of anilines is 1. The SMILES string of the molecule is CCCc1cc(C(=O)NC(C)c2ncc[nH]2)cc(NN)n1. The van der Waals surface area contributed by atoms with Crippen LogP contribution >= 0.6 is 0 Å². The zero-order valence-electron chi connectivity index (χ0n) is 12.2. The van der Waals surface area contributed by atoms with Gasteiger partial charge in [-0.1, -0.05) is 13.3 Å². The predicted molar refractivity (Wildman–Crippen MR) is 80.5 cm³/mol.